The highest BCUT2D eigenvalue weighted by molar-refractivity contribution is 9.08. The van der Waals surface area contributed by atoms with E-state index in [2.05, 4.69) is 20.7 Å². The summed E-state index contributed by atoms with van der Waals surface area (Å²) in [6, 6.07) is 3.58. The molecule has 0 aromatic heterocycles. The summed E-state index contributed by atoms with van der Waals surface area (Å²) in [6.45, 7) is 1.93. The Labute approximate surface area is 96.3 Å². The second-order valence-electron chi connectivity index (χ2n) is 2.84. The first-order valence-corrected chi connectivity index (χ1v) is 5.54. The van der Waals surface area contributed by atoms with E-state index in [4.69, 9.17) is 11.6 Å². The summed E-state index contributed by atoms with van der Waals surface area (Å²) >= 11 is 9.26. The van der Waals surface area contributed by atoms with Crippen LogP contribution in [0.2, 0.25) is 5.02 Å². The molecule has 0 amide bonds. The van der Waals surface area contributed by atoms with E-state index >= 15 is 0 Å². The predicted molar refractivity (Wildman–Crippen MR) is 60.2 cm³/mol. The van der Waals surface area contributed by atoms with Crippen LogP contribution < -0.4 is 0 Å². The molecular weight excluding hydrogens is 267 g/mol. The number of carbonyl (C=O) groups is 1. The van der Waals surface area contributed by atoms with Crippen molar-refractivity contribution in [1.29, 1.82) is 0 Å². The number of ether oxygens (including phenoxy) is 1. The molecule has 4 heteroatoms. The van der Waals surface area contributed by atoms with Crippen LogP contribution in [0, 0.1) is 6.92 Å². The van der Waals surface area contributed by atoms with E-state index in [0.717, 1.165) is 11.1 Å². The quantitative estimate of drug-likeness (QED) is 0.612. The maximum absolute atomic E-state index is 11.4. The van der Waals surface area contributed by atoms with E-state index in [9.17, 15) is 4.79 Å². The summed E-state index contributed by atoms with van der Waals surface area (Å²) < 4.78 is 4.67. The molecule has 0 aliphatic rings. The summed E-state index contributed by atoms with van der Waals surface area (Å²) in [4.78, 5) is 11.4. The fourth-order valence-electron chi connectivity index (χ4n) is 1.22. The van der Waals surface area contributed by atoms with E-state index in [0.29, 0.717) is 15.9 Å². The second-order valence-corrected chi connectivity index (χ2v) is 3.81. The molecule has 76 valence electrons. The fraction of sp³-hybridized carbons (Fsp3) is 0.300. The third kappa shape index (κ3) is 2.10. The van der Waals surface area contributed by atoms with Crippen molar-refractivity contribution in [2.24, 2.45) is 0 Å². The van der Waals surface area contributed by atoms with Crippen molar-refractivity contribution in [3.63, 3.8) is 0 Å². The van der Waals surface area contributed by atoms with Crippen LogP contribution in [0.25, 0.3) is 0 Å². The smallest absolute Gasteiger partial charge is 0.339 e. The summed E-state index contributed by atoms with van der Waals surface area (Å²) in [6.07, 6.45) is 0. The molecule has 0 saturated carbocycles. The third-order valence-corrected chi connectivity index (χ3v) is 2.90. The van der Waals surface area contributed by atoms with E-state index < -0.39 is 5.97 Å². The van der Waals surface area contributed by atoms with Gasteiger partial charge >= 0.3 is 5.97 Å². The van der Waals surface area contributed by atoms with E-state index in [1.54, 1.807) is 6.07 Å². The van der Waals surface area contributed by atoms with Gasteiger partial charge < -0.3 is 4.74 Å². The van der Waals surface area contributed by atoms with Crippen LogP contribution in [-0.4, -0.2) is 13.1 Å². The Kier molecular flexibility index (Phi) is 3.96. The highest BCUT2D eigenvalue weighted by Crippen LogP contribution is 2.25. The molecule has 1 aromatic carbocycles. The summed E-state index contributed by atoms with van der Waals surface area (Å²) in [5.74, 6) is -0.395. The second kappa shape index (κ2) is 4.80. The zero-order valence-electron chi connectivity index (χ0n) is 7.93. The number of esters is 1. The predicted octanol–water partition coefficient (Wildman–Crippen LogP) is 3.33. The lowest BCUT2D eigenvalue weighted by Crippen LogP contribution is -2.07. The van der Waals surface area contributed by atoms with Gasteiger partial charge in [-0.2, -0.15) is 0 Å². The number of rotatable bonds is 2. The van der Waals surface area contributed by atoms with Gasteiger partial charge in [0.15, 0.2) is 0 Å². The lowest BCUT2D eigenvalue weighted by Gasteiger charge is -2.10. The summed E-state index contributed by atoms with van der Waals surface area (Å²) in [5, 5.41) is 1.01. The summed E-state index contributed by atoms with van der Waals surface area (Å²) in [7, 11) is 1.35. The Morgan fingerprint density at radius 1 is 1.57 bits per heavy atom. The van der Waals surface area contributed by atoms with Gasteiger partial charge in [0.25, 0.3) is 0 Å². The van der Waals surface area contributed by atoms with Gasteiger partial charge in [-0.1, -0.05) is 33.6 Å². The number of hydrogen-bond acceptors (Lipinski definition) is 2. The number of benzene rings is 1. The maximum atomic E-state index is 11.4. The van der Waals surface area contributed by atoms with Crippen molar-refractivity contribution in [2.45, 2.75) is 12.3 Å². The Bertz CT molecular complexity index is 363. The minimum atomic E-state index is -0.395. The molecule has 2 nitrogen and oxygen atoms in total. The molecule has 0 atom stereocenters. The van der Waals surface area contributed by atoms with Crippen LogP contribution in [0.4, 0.5) is 0 Å². The lowest BCUT2D eigenvalue weighted by molar-refractivity contribution is 0.0600. The molecule has 0 radical (unpaired) electrons. The number of carbonyl (C=O) groups excluding carboxylic acids is 1. The van der Waals surface area contributed by atoms with Crippen molar-refractivity contribution in [1.82, 2.24) is 0 Å². The van der Waals surface area contributed by atoms with E-state index in [1.165, 1.54) is 7.11 Å². The standard InChI is InChI=1S/C10H10BrClO2/c1-6-3-4-8(12)9(7(6)5-11)10(13)14-2/h3-4H,5H2,1-2H3. The highest BCUT2D eigenvalue weighted by Gasteiger charge is 2.16. The van der Waals surface area contributed by atoms with Gasteiger partial charge in [0.05, 0.1) is 17.7 Å². The molecule has 0 N–H and O–H groups in total. The van der Waals surface area contributed by atoms with Crippen LogP contribution in [-0.2, 0) is 10.1 Å². The largest absolute Gasteiger partial charge is 0.465 e. The Hall–Kier alpha value is -0.540. The third-order valence-electron chi connectivity index (χ3n) is 2.02. The normalized spacial score (nSPS) is 10.0. The number of hydrogen-bond donors (Lipinski definition) is 0. The van der Waals surface area contributed by atoms with Crippen molar-refractivity contribution in [3.8, 4) is 0 Å². The lowest BCUT2D eigenvalue weighted by atomic mass is 10.0. The van der Waals surface area contributed by atoms with Crippen molar-refractivity contribution < 1.29 is 9.53 Å². The first-order valence-electron chi connectivity index (χ1n) is 4.04. The van der Waals surface area contributed by atoms with E-state index in [1.807, 2.05) is 13.0 Å². The molecule has 0 saturated heterocycles. The Morgan fingerprint density at radius 2 is 2.21 bits per heavy atom. The molecule has 0 aliphatic heterocycles. The van der Waals surface area contributed by atoms with Crippen LogP contribution in [0.3, 0.4) is 0 Å². The van der Waals surface area contributed by atoms with Gasteiger partial charge in [-0.05, 0) is 24.1 Å². The van der Waals surface area contributed by atoms with Gasteiger partial charge in [-0.25, -0.2) is 4.79 Å². The fourth-order valence-corrected chi connectivity index (χ4v) is 2.20. The van der Waals surface area contributed by atoms with Crippen molar-refractivity contribution in [2.75, 3.05) is 7.11 Å². The molecule has 0 unspecified atom stereocenters. The van der Waals surface area contributed by atoms with Crippen molar-refractivity contribution in [3.05, 3.63) is 33.8 Å². The maximum Gasteiger partial charge on any atom is 0.339 e. The molecule has 1 aromatic rings. The van der Waals surface area contributed by atoms with Crippen LogP contribution in [0.15, 0.2) is 12.1 Å². The topological polar surface area (TPSA) is 26.3 Å². The first-order chi connectivity index (χ1) is 6.61. The molecule has 0 spiro atoms. The van der Waals surface area contributed by atoms with Gasteiger partial charge in [0.1, 0.15) is 0 Å². The van der Waals surface area contributed by atoms with Crippen molar-refractivity contribution >= 4 is 33.5 Å². The number of alkyl halides is 1. The number of halogens is 2. The van der Waals surface area contributed by atoms with E-state index in [-0.39, 0.29) is 0 Å². The van der Waals surface area contributed by atoms with Gasteiger partial charge in [0, 0.05) is 5.33 Å². The van der Waals surface area contributed by atoms with Crippen LogP contribution >= 0.6 is 27.5 Å². The molecule has 0 heterocycles. The minimum Gasteiger partial charge on any atom is -0.465 e. The average molecular weight is 278 g/mol. The SMILES string of the molecule is COC(=O)c1c(Cl)ccc(C)c1CBr. The van der Waals surface area contributed by atoms with Gasteiger partial charge in [-0.15, -0.1) is 0 Å². The van der Waals surface area contributed by atoms with Gasteiger partial charge in [0.2, 0.25) is 0 Å². The monoisotopic (exact) mass is 276 g/mol. The molecule has 0 aliphatic carbocycles. The minimum absolute atomic E-state index is 0.395. The molecular formula is C10H10BrClO2. The van der Waals surface area contributed by atoms with Crippen LogP contribution in [0.1, 0.15) is 21.5 Å². The Morgan fingerprint density at radius 3 is 2.71 bits per heavy atom. The number of methoxy groups -OCH3 is 1. The van der Waals surface area contributed by atoms with Gasteiger partial charge in [-0.3, -0.25) is 0 Å². The zero-order chi connectivity index (χ0) is 10.7. The molecule has 14 heavy (non-hydrogen) atoms. The number of aryl methyl sites for hydroxylation is 1. The summed E-state index contributed by atoms with van der Waals surface area (Å²) in [5.41, 5.74) is 2.35. The zero-order valence-corrected chi connectivity index (χ0v) is 10.3. The first kappa shape index (κ1) is 11.5. The molecule has 0 fully saturated rings. The molecule has 1 rings (SSSR count). The van der Waals surface area contributed by atoms with Crippen LogP contribution in [0.5, 0.6) is 0 Å². The average Bonchev–Trinajstić information content (AvgIpc) is 2.19. The Balaban J connectivity index is 3.37. The highest BCUT2D eigenvalue weighted by atomic mass is 79.9. The molecule has 0 bridgehead atoms.